The number of nitrogens with one attached hydrogen (secondary N) is 1. The number of amides is 1. The highest BCUT2D eigenvalue weighted by Gasteiger charge is 2.27. The van der Waals surface area contributed by atoms with Crippen molar-refractivity contribution in [3.8, 4) is 0 Å². The van der Waals surface area contributed by atoms with E-state index in [4.69, 9.17) is 9.47 Å². The fourth-order valence-electron chi connectivity index (χ4n) is 3.25. The van der Waals surface area contributed by atoms with E-state index in [9.17, 15) is 13.2 Å². The second kappa shape index (κ2) is 7.63. The summed E-state index contributed by atoms with van der Waals surface area (Å²) in [6.07, 6.45) is 5.16. The fraction of sp³-hybridized carbons (Fsp3) is 0.588. The molecule has 1 saturated carbocycles. The Hall–Kier alpha value is -1.44. The first-order chi connectivity index (χ1) is 11.6. The second-order valence-electron chi connectivity index (χ2n) is 6.31. The molecule has 1 amide bonds. The molecule has 1 unspecified atom stereocenters. The van der Waals surface area contributed by atoms with Crippen LogP contribution in [0.3, 0.4) is 0 Å². The monoisotopic (exact) mass is 353 g/mol. The van der Waals surface area contributed by atoms with Gasteiger partial charge in [0, 0.05) is 0 Å². The molecule has 132 valence electrons. The van der Waals surface area contributed by atoms with Gasteiger partial charge in [0.2, 0.25) is 0 Å². The van der Waals surface area contributed by atoms with E-state index in [1.165, 1.54) is 24.8 Å². The van der Waals surface area contributed by atoms with Crippen molar-refractivity contribution in [1.82, 2.24) is 4.72 Å². The van der Waals surface area contributed by atoms with Crippen LogP contribution in [0.15, 0.2) is 29.2 Å². The third kappa shape index (κ3) is 4.15. The number of ether oxygens (including phenoxy) is 2. The predicted octanol–water partition coefficient (Wildman–Crippen LogP) is 1.95. The quantitative estimate of drug-likeness (QED) is 0.895. The molecule has 1 heterocycles. The van der Waals surface area contributed by atoms with Crippen LogP contribution in [0.2, 0.25) is 0 Å². The molecule has 1 aromatic rings. The topological polar surface area (TPSA) is 81.7 Å². The van der Waals surface area contributed by atoms with Crippen molar-refractivity contribution in [3.05, 3.63) is 29.8 Å². The Bertz CT molecular complexity index is 659. The fourth-order valence-corrected chi connectivity index (χ4v) is 4.26. The number of hydrogen-bond acceptors (Lipinski definition) is 5. The molecule has 7 heteroatoms. The van der Waals surface area contributed by atoms with E-state index < -0.39 is 22.0 Å². The molecule has 3 rings (SSSR count). The molecular formula is C17H23NO5S. The Kier molecular flexibility index (Phi) is 5.53. The molecule has 24 heavy (non-hydrogen) atoms. The van der Waals surface area contributed by atoms with E-state index in [0.717, 1.165) is 12.8 Å². The van der Waals surface area contributed by atoms with Crippen LogP contribution in [0.1, 0.15) is 43.6 Å². The van der Waals surface area contributed by atoms with Gasteiger partial charge < -0.3 is 9.47 Å². The third-order valence-corrected chi connectivity index (χ3v) is 5.97. The molecular weight excluding hydrogens is 330 g/mol. The molecule has 1 aromatic carbocycles. The van der Waals surface area contributed by atoms with Gasteiger partial charge in [0.15, 0.2) is 6.10 Å². The molecule has 1 saturated heterocycles. The minimum Gasteiger partial charge on any atom is -0.376 e. The van der Waals surface area contributed by atoms with Gasteiger partial charge in [-0.1, -0.05) is 31.4 Å². The zero-order valence-corrected chi connectivity index (χ0v) is 14.4. The van der Waals surface area contributed by atoms with Crippen LogP contribution < -0.4 is 4.72 Å². The molecule has 1 N–H and O–H groups in total. The Labute approximate surface area is 142 Å². The number of benzene rings is 1. The second-order valence-corrected chi connectivity index (χ2v) is 7.99. The molecule has 1 atom stereocenters. The third-order valence-electron chi connectivity index (χ3n) is 4.61. The van der Waals surface area contributed by atoms with Gasteiger partial charge in [-0.3, -0.25) is 4.79 Å². The van der Waals surface area contributed by atoms with Gasteiger partial charge in [-0.25, -0.2) is 13.1 Å². The minimum absolute atomic E-state index is 0.0714. The van der Waals surface area contributed by atoms with Gasteiger partial charge in [0.25, 0.3) is 15.9 Å². The SMILES string of the molecule is O=C(NS(=O)(=O)c1ccc(C2CCCCC2)cc1)C1COCCO1. The first-order valence-electron chi connectivity index (χ1n) is 8.42. The Balaban J connectivity index is 1.66. The Morgan fingerprint density at radius 1 is 1.04 bits per heavy atom. The molecule has 1 aliphatic heterocycles. The first kappa shape index (κ1) is 17.4. The number of carbonyl (C=O) groups excluding carboxylic acids is 1. The zero-order chi connectivity index (χ0) is 17.0. The lowest BCUT2D eigenvalue weighted by molar-refractivity contribution is -0.145. The van der Waals surface area contributed by atoms with Gasteiger partial charge in [-0.15, -0.1) is 0 Å². The summed E-state index contributed by atoms with van der Waals surface area (Å²) in [5.41, 5.74) is 1.17. The van der Waals surface area contributed by atoms with Crippen LogP contribution in [-0.2, 0) is 24.3 Å². The highest BCUT2D eigenvalue weighted by Crippen LogP contribution is 2.32. The Morgan fingerprint density at radius 3 is 2.38 bits per heavy atom. The normalized spacial score (nSPS) is 22.9. The molecule has 6 nitrogen and oxygen atoms in total. The van der Waals surface area contributed by atoms with Crippen molar-refractivity contribution in [3.63, 3.8) is 0 Å². The molecule has 2 fully saturated rings. The van der Waals surface area contributed by atoms with Crippen molar-refractivity contribution in [2.75, 3.05) is 19.8 Å². The summed E-state index contributed by atoms with van der Waals surface area (Å²) in [6.45, 7) is 0.773. The largest absolute Gasteiger partial charge is 0.376 e. The van der Waals surface area contributed by atoms with Crippen molar-refractivity contribution < 1.29 is 22.7 Å². The maximum Gasteiger partial charge on any atom is 0.265 e. The van der Waals surface area contributed by atoms with Crippen LogP contribution in [0, 0.1) is 0 Å². The summed E-state index contributed by atoms with van der Waals surface area (Å²) in [7, 11) is -3.89. The predicted molar refractivity (Wildman–Crippen MR) is 88.2 cm³/mol. The van der Waals surface area contributed by atoms with Gasteiger partial charge in [-0.2, -0.15) is 0 Å². The Morgan fingerprint density at radius 2 is 1.75 bits per heavy atom. The lowest BCUT2D eigenvalue weighted by Crippen LogP contribution is -2.44. The summed E-state index contributed by atoms with van der Waals surface area (Å²) in [6, 6.07) is 6.85. The average molecular weight is 353 g/mol. The van der Waals surface area contributed by atoms with Gasteiger partial charge in [0.1, 0.15) is 0 Å². The standard InChI is InChI=1S/C17H23NO5S/c19-17(16-12-22-10-11-23-16)18-24(20,21)15-8-6-14(7-9-15)13-4-2-1-3-5-13/h6-9,13,16H,1-5,10-12H2,(H,18,19). The number of sulfonamides is 1. The van der Waals surface area contributed by atoms with Crippen LogP contribution in [0.5, 0.6) is 0 Å². The van der Waals surface area contributed by atoms with Crippen molar-refractivity contribution in [2.45, 2.75) is 49.0 Å². The van der Waals surface area contributed by atoms with Crippen molar-refractivity contribution >= 4 is 15.9 Å². The van der Waals surface area contributed by atoms with Crippen LogP contribution in [-0.4, -0.2) is 40.2 Å². The molecule has 0 aromatic heterocycles. The van der Waals surface area contributed by atoms with Gasteiger partial charge >= 0.3 is 0 Å². The van der Waals surface area contributed by atoms with Crippen LogP contribution >= 0.6 is 0 Å². The summed E-state index contributed by atoms with van der Waals surface area (Å²) < 4.78 is 37.1. The first-order valence-corrected chi connectivity index (χ1v) is 9.90. The van der Waals surface area contributed by atoms with Crippen LogP contribution in [0.25, 0.3) is 0 Å². The summed E-state index contributed by atoms with van der Waals surface area (Å²) in [4.78, 5) is 12.1. The molecule has 1 aliphatic carbocycles. The lowest BCUT2D eigenvalue weighted by atomic mass is 9.84. The molecule has 0 bridgehead atoms. The number of hydrogen-bond donors (Lipinski definition) is 1. The summed E-state index contributed by atoms with van der Waals surface area (Å²) in [5, 5.41) is 0. The van der Waals surface area contributed by atoms with E-state index in [0.29, 0.717) is 12.5 Å². The highest BCUT2D eigenvalue weighted by molar-refractivity contribution is 7.90. The zero-order valence-electron chi connectivity index (χ0n) is 13.6. The van der Waals surface area contributed by atoms with Crippen LogP contribution in [0.4, 0.5) is 0 Å². The smallest absolute Gasteiger partial charge is 0.265 e. The van der Waals surface area contributed by atoms with Gasteiger partial charge in [-0.05, 0) is 36.5 Å². The highest BCUT2D eigenvalue weighted by atomic mass is 32.2. The summed E-state index contributed by atoms with van der Waals surface area (Å²) >= 11 is 0. The van der Waals surface area contributed by atoms with E-state index >= 15 is 0 Å². The summed E-state index contributed by atoms with van der Waals surface area (Å²) in [5.74, 6) is -0.177. The van der Waals surface area contributed by atoms with E-state index in [2.05, 4.69) is 4.72 Å². The van der Waals surface area contributed by atoms with Crippen molar-refractivity contribution in [2.24, 2.45) is 0 Å². The molecule has 0 spiro atoms. The maximum absolute atomic E-state index is 12.3. The van der Waals surface area contributed by atoms with E-state index in [-0.39, 0.29) is 18.1 Å². The number of rotatable bonds is 4. The van der Waals surface area contributed by atoms with E-state index in [1.54, 1.807) is 12.1 Å². The molecule has 0 radical (unpaired) electrons. The van der Waals surface area contributed by atoms with Gasteiger partial charge in [0.05, 0.1) is 24.7 Å². The molecule has 2 aliphatic rings. The lowest BCUT2D eigenvalue weighted by Gasteiger charge is -2.23. The average Bonchev–Trinajstić information content (AvgIpc) is 2.63. The maximum atomic E-state index is 12.3. The number of carbonyl (C=O) groups is 1. The minimum atomic E-state index is -3.89. The van der Waals surface area contributed by atoms with Crippen molar-refractivity contribution in [1.29, 1.82) is 0 Å². The van der Waals surface area contributed by atoms with E-state index in [1.807, 2.05) is 12.1 Å².